The second kappa shape index (κ2) is 9.32. The number of fused-ring (bicyclic) bond motifs is 1. The number of carbonyl (C=O) groups is 2. The third kappa shape index (κ3) is 4.64. The minimum absolute atomic E-state index is 0.00321. The van der Waals surface area contributed by atoms with Gasteiger partial charge in [0.2, 0.25) is 0 Å². The number of hydrogen-bond donors (Lipinski definition) is 1. The van der Waals surface area contributed by atoms with Gasteiger partial charge in [-0.2, -0.15) is 0 Å². The van der Waals surface area contributed by atoms with Crippen LogP contribution in [0.15, 0.2) is 30.3 Å². The van der Waals surface area contributed by atoms with Crippen LogP contribution in [0.5, 0.6) is 5.75 Å². The van der Waals surface area contributed by atoms with Crippen LogP contribution in [-0.4, -0.2) is 48.8 Å². The van der Waals surface area contributed by atoms with E-state index in [9.17, 15) is 19.7 Å². The Balaban J connectivity index is 1.34. The molecule has 2 heterocycles. The van der Waals surface area contributed by atoms with Crippen molar-refractivity contribution in [2.75, 3.05) is 19.8 Å². The Morgan fingerprint density at radius 2 is 2.03 bits per heavy atom. The molecule has 168 valence electrons. The molecule has 32 heavy (non-hydrogen) atoms. The van der Waals surface area contributed by atoms with E-state index in [1.165, 1.54) is 24.3 Å². The van der Waals surface area contributed by atoms with Crippen molar-refractivity contribution in [2.45, 2.75) is 25.0 Å². The highest BCUT2D eigenvalue weighted by Crippen LogP contribution is 2.38. The maximum atomic E-state index is 12.2. The monoisotopic (exact) mass is 480 g/mol. The first kappa shape index (κ1) is 22.3. The molecule has 4 rings (SSSR count). The van der Waals surface area contributed by atoms with Gasteiger partial charge in [-0.3, -0.25) is 14.9 Å². The molecule has 0 aliphatic carbocycles. The second-order valence-corrected chi connectivity index (χ2v) is 8.15. The first-order valence-corrected chi connectivity index (χ1v) is 10.6. The second-order valence-electron chi connectivity index (χ2n) is 7.36. The summed E-state index contributed by atoms with van der Waals surface area (Å²) >= 11 is 12.7. The van der Waals surface area contributed by atoms with E-state index in [2.05, 4.69) is 5.32 Å². The number of nitro groups is 1. The number of benzene rings is 2. The fourth-order valence-corrected chi connectivity index (χ4v) is 4.21. The average molecular weight is 481 g/mol. The van der Waals surface area contributed by atoms with Gasteiger partial charge >= 0.3 is 5.97 Å². The molecule has 9 nitrogen and oxygen atoms in total. The number of nitrogens with zero attached hydrogens (tertiary/aromatic N) is 1. The van der Waals surface area contributed by atoms with Crippen molar-refractivity contribution in [2.24, 2.45) is 0 Å². The van der Waals surface area contributed by atoms with Gasteiger partial charge in [-0.1, -0.05) is 23.2 Å². The summed E-state index contributed by atoms with van der Waals surface area (Å²) < 4.78 is 16.8. The number of amides is 1. The minimum Gasteiger partial charge on any atom is -0.486 e. The van der Waals surface area contributed by atoms with Crippen molar-refractivity contribution < 1.29 is 28.7 Å². The maximum Gasteiger partial charge on any atom is 0.338 e. The molecule has 1 fully saturated rings. The van der Waals surface area contributed by atoms with Crippen LogP contribution in [0.2, 0.25) is 10.0 Å². The van der Waals surface area contributed by atoms with Crippen LogP contribution in [0.3, 0.4) is 0 Å². The Morgan fingerprint density at radius 3 is 2.75 bits per heavy atom. The molecule has 0 radical (unpaired) electrons. The zero-order valence-corrected chi connectivity index (χ0v) is 18.1. The van der Waals surface area contributed by atoms with Crippen molar-refractivity contribution in [3.8, 4) is 5.75 Å². The number of non-ortho nitro benzene ring substituents is 1. The average Bonchev–Trinajstić information content (AvgIpc) is 3.23. The molecule has 11 heteroatoms. The molecule has 2 aliphatic rings. The summed E-state index contributed by atoms with van der Waals surface area (Å²) in [4.78, 5) is 34.5. The first-order valence-electron chi connectivity index (χ1n) is 9.82. The van der Waals surface area contributed by atoms with Crippen LogP contribution >= 0.6 is 23.2 Å². The van der Waals surface area contributed by atoms with Gasteiger partial charge in [0.05, 0.1) is 33.8 Å². The molecule has 1 saturated heterocycles. The standard InChI is InChI=1S/C21H18Cl2N2O7/c22-16-8-17(19(23)18-15(16)5-6-24-20(18)26)32-14-7-13(30-10-14)9-31-21(27)11-1-3-12(4-2-11)25(28)29/h1-4,8,13-14H,5-7,9-10H2,(H,24,26)/t13-,14?/m1/s1. The van der Waals surface area contributed by atoms with E-state index >= 15 is 0 Å². The Morgan fingerprint density at radius 1 is 1.28 bits per heavy atom. The number of nitro benzene ring substituents is 1. The molecule has 2 aromatic carbocycles. The largest absolute Gasteiger partial charge is 0.486 e. The molecular weight excluding hydrogens is 463 g/mol. The Kier molecular flexibility index (Phi) is 6.50. The molecular formula is C21H18Cl2N2O7. The molecule has 0 bridgehead atoms. The van der Waals surface area contributed by atoms with Crippen LogP contribution in [0, 0.1) is 10.1 Å². The van der Waals surface area contributed by atoms with E-state index in [0.29, 0.717) is 41.3 Å². The summed E-state index contributed by atoms with van der Waals surface area (Å²) in [6.45, 7) is 0.743. The smallest absolute Gasteiger partial charge is 0.338 e. The Hall–Kier alpha value is -2.88. The third-order valence-electron chi connectivity index (χ3n) is 5.22. The number of rotatable bonds is 6. The number of ether oxygens (including phenoxy) is 3. The SMILES string of the molecule is O=C(OC[C@H]1CC(Oc2cc(Cl)c3c(c2Cl)C(=O)NCC3)CO1)c1ccc([N+](=O)[O-])cc1. The van der Waals surface area contributed by atoms with Crippen LogP contribution in [0.25, 0.3) is 0 Å². The van der Waals surface area contributed by atoms with Gasteiger partial charge in [-0.15, -0.1) is 0 Å². The van der Waals surface area contributed by atoms with Gasteiger partial charge in [0.1, 0.15) is 18.5 Å². The molecule has 0 saturated carbocycles. The summed E-state index contributed by atoms with van der Waals surface area (Å²) in [6.07, 6.45) is 0.271. The summed E-state index contributed by atoms with van der Waals surface area (Å²) in [6, 6.07) is 6.74. The Bertz CT molecular complexity index is 1070. The molecule has 1 N–H and O–H groups in total. The highest BCUT2D eigenvalue weighted by atomic mass is 35.5. The lowest BCUT2D eigenvalue weighted by molar-refractivity contribution is -0.384. The van der Waals surface area contributed by atoms with E-state index in [0.717, 1.165) is 0 Å². The fourth-order valence-electron chi connectivity index (χ4n) is 3.62. The zero-order chi connectivity index (χ0) is 22.8. The molecule has 0 spiro atoms. The zero-order valence-electron chi connectivity index (χ0n) is 16.6. The van der Waals surface area contributed by atoms with Crippen molar-refractivity contribution >= 4 is 40.8 Å². The van der Waals surface area contributed by atoms with Gasteiger partial charge in [-0.25, -0.2) is 4.79 Å². The van der Waals surface area contributed by atoms with Gasteiger partial charge in [0.15, 0.2) is 0 Å². The van der Waals surface area contributed by atoms with Crippen LogP contribution in [0.1, 0.15) is 32.7 Å². The highest BCUT2D eigenvalue weighted by molar-refractivity contribution is 6.38. The summed E-state index contributed by atoms with van der Waals surface area (Å²) in [5.41, 5.74) is 1.12. The van der Waals surface area contributed by atoms with Crippen molar-refractivity contribution in [3.05, 3.63) is 67.2 Å². The van der Waals surface area contributed by atoms with Gasteiger partial charge in [0.25, 0.3) is 11.6 Å². The predicted octanol–water partition coefficient (Wildman–Crippen LogP) is 3.58. The van der Waals surface area contributed by atoms with E-state index in [4.69, 9.17) is 37.4 Å². The molecule has 2 atom stereocenters. The highest BCUT2D eigenvalue weighted by Gasteiger charge is 2.31. The summed E-state index contributed by atoms with van der Waals surface area (Å²) in [5.74, 6) is -0.602. The normalized spacial score (nSPS) is 19.8. The van der Waals surface area contributed by atoms with E-state index in [1.807, 2.05) is 0 Å². The summed E-state index contributed by atoms with van der Waals surface area (Å²) in [5, 5.41) is 14.1. The number of esters is 1. The molecule has 2 aromatic rings. The van der Waals surface area contributed by atoms with E-state index < -0.39 is 17.0 Å². The summed E-state index contributed by atoms with van der Waals surface area (Å²) in [7, 11) is 0. The maximum absolute atomic E-state index is 12.2. The molecule has 2 aliphatic heterocycles. The number of nitrogens with one attached hydrogen (secondary N) is 1. The Labute approximate surface area is 192 Å². The molecule has 0 aromatic heterocycles. The lowest BCUT2D eigenvalue weighted by Crippen LogP contribution is -2.32. The van der Waals surface area contributed by atoms with Crippen LogP contribution in [-0.2, 0) is 15.9 Å². The topological polar surface area (TPSA) is 117 Å². The van der Waals surface area contributed by atoms with Crippen molar-refractivity contribution in [1.82, 2.24) is 5.32 Å². The minimum atomic E-state index is -0.608. The van der Waals surface area contributed by atoms with Gasteiger partial charge < -0.3 is 19.5 Å². The van der Waals surface area contributed by atoms with Gasteiger partial charge in [-0.05, 0) is 24.1 Å². The van der Waals surface area contributed by atoms with Crippen molar-refractivity contribution in [1.29, 1.82) is 0 Å². The molecule has 1 amide bonds. The predicted molar refractivity (Wildman–Crippen MR) is 115 cm³/mol. The quantitative estimate of drug-likeness (QED) is 0.381. The number of carbonyl (C=O) groups excluding carboxylic acids is 2. The van der Waals surface area contributed by atoms with E-state index in [1.54, 1.807) is 6.07 Å². The fraction of sp³-hybridized carbons (Fsp3) is 0.333. The third-order valence-corrected chi connectivity index (χ3v) is 5.94. The first-order chi connectivity index (χ1) is 15.3. The van der Waals surface area contributed by atoms with Crippen LogP contribution in [0.4, 0.5) is 5.69 Å². The van der Waals surface area contributed by atoms with Gasteiger partial charge in [0, 0.05) is 36.2 Å². The molecule has 1 unspecified atom stereocenters. The van der Waals surface area contributed by atoms with Crippen LogP contribution < -0.4 is 10.1 Å². The lowest BCUT2D eigenvalue weighted by atomic mass is 10.00. The van der Waals surface area contributed by atoms with E-state index in [-0.39, 0.29) is 41.5 Å². The lowest BCUT2D eigenvalue weighted by Gasteiger charge is -2.22. The van der Waals surface area contributed by atoms with Crippen molar-refractivity contribution in [3.63, 3.8) is 0 Å². The number of hydrogen-bond acceptors (Lipinski definition) is 7. The number of halogens is 2.